The fourth-order valence-electron chi connectivity index (χ4n) is 1.56. The van der Waals surface area contributed by atoms with Crippen molar-refractivity contribution in [2.24, 2.45) is 5.10 Å². The standard InChI is InChI=1S/C11H19N3O4/c1-14-10(16)4-3-9(13-14)11(17)12-6-5-8(15)7-18-2/h8,15H,3-7H2,1-2H3,(H,12,17). The third kappa shape index (κ3) is 4.42. The molecule has 1 aliphatic heterocycles. The number of hydrazone groups is 1. The lowest BCUT2D eigenvalue weighted by Crippen LogP contribution is -2.38. The third-order valence-corrected chi connectivity index (χ3v) is 2.59. The summed E-state index contributed by atoms with van der Waals surface area (Å²) in [7, 11) is 3.03. The molecule has 0 saturated heterocycles. The van der Waals surface area contributed by atoms with Crippen LogP contribution in [0.1, 0.15) is 19.3 Å². The number of hydrogen-bond acceptors (Lipinski definition) is 5. The predicted molar refractivity (Wildman–Crippen MR) is 64.9 cm³/mol. The van der Waals surface area contributed by atoms with Gasteiger partial charge in [-0.1, -0.05) is 0 Å². The lowest BCUT2D eigenvalue weighted by Gasteiger charge is -2.19. The highest BCUT2D eigenvalue weighted by Gasteiger charge is 2.21. The molecule has 0 bridgehead atoms. The molecule has 0 aliphatic carbocycles. The molecular weight excluding hydrogens is 238 g/mol. The van der Waals surface area contributed by atoms with Gasteiger partial charge in [-0.2, -0.15) is 5.10 Å². The molecule has 18 heavy (non-hydrogen) atoms. The van der Waals surface area contributed by atoms with Crippen LogP contribution >= 0.6 is 0 Å². The number of nitrogens with one attached hydrogen (secondary N) is 1. The molecule has 2 amide bonds. The van der Waals surface area contributed by atoms with Crippen LogP contribution in [0.5, 0.6) is 0 Å². The Balaban J connectivity index is 2.33. The lowest BCUT2D eigenvalue weighted by atomic mass is 10.1. The number of aliphatic hydroxyl groups excluding tert-OH is 1. The molecule has 0 spiro atoms. The van der Waals surface area contributed by atoms with Crippen molar-refractivity contribution in [3.8, 4) is 0 Å². The Labute approximate surface area is 106 Å². The molecule has 0 fully saturated rings. The average Bonchev–Trinajstić information content (AvgIpc) is 2.33. The summed E-state index contributed by atoms with van der Waals surface area (Å²) >= 11 is 0. The van der Waals surface area contributed by atoms with Crippen LogP contribution in [0.2, 0.25) is 0 Å². The molecular formula is C11H19N3O4. The van der Waals surface area contributed by atoms with Crippen LogP contribution in [0.15, 0.2) is 5.10 Å². The first-order chi connectivity index (χ1) is 8.54. The van der Waals surface area contributed by atoms with Gasteiger partial charge >= 0.3 is 0 Å². The fraction of sp³-hybridized carbons (Fsp3) is 0.727. The monoisotopic (exact) mass is 257 g/mol. The summed E-state index contributed by atoms with van der Waals surface area (Å²) in [6, 6.07) is 0. The van der Waals surface area contributed by atoms with E-state index in [4.69, 9.17) is 4.74 Å². The Kier molecular flexibility index (Phi) is 5.73. The Bertz CT molecular complexity index is 343. The van der Waals surface area contributed by atoms with Crippen molar-refractivity contribution in [2.75, 3.05) is 27.3 Å². The molecule has 1 rings (SSSR count). The molecule has 2 N–H and O–H groups in total. The van der Waals surface area contributed by atoms with Crippen molar-refractivity contribution in [3.05, 3.63) is 0 Å². The van der Waals surface area contributed by atoms with Crippen molar-refractivity contribution >= 4 is 17.5 Å². The van der Waals surface area contributed by atoms with E-state index in [1.807, 2.05) is 0 Å². The van der Waals surface area contributed by atoms with Crippen molar-refractivity contribution < 1.29 is 19.4 Å². The van der Waals surface area contributed by atoms with Gasteiger partial charge in [0, 0.05) is 33.5 Å². The maximum Gasteiger partial charge on any atom is 0.267 e. The number of methoxy groups -OCH3 is 1. The average molecular weight is 257 g/mol. The molecule has 1 unspecified atom stereocenters. The number of ether oxygens (including phenoxy) is 1. The first-order valence-electron chi connectivity index (χ1n) is 5.83. The zero-order valence-corrected chi connectivity index (χ0v) is 10.7. The first kappa shape index (κ1) is 14.6. The van der Waals surface area contributed by atoms with Gasteiger partial charge in [0.15, 0.2) is 0 Å². The van der Waals surface area contributed by atoms with E-state index >= 15 is 0 Å². The summed E-state index contributed by atoms with van der Waals surface area (Å²) in [4.78, 5) is 22.9. The van der Waals surface area contributed by atoms with E-state index in [1.54, 1.807) is 0 Å². The van der Waals surface area contributed by atoms with Gasteiger partial charge in [0.05, 0.1) is 12.7 Å². The SMILES string of the molecule is COCC(O)CCNC(=O)C1=NN(C)C(=O)CC1. The quantitative estimate of drug-likeness (QED) is 0.645. The highest BCUT2D eigenvalue weighted by molar-refractivity contribution is 6.39. The molecule has 1 atom stereocenters. The number of aliphatic hydroxyl groups is 1. The summed E-state index contributed by atoms with van der Waals surface area (Å²) in [6.07, 6.45) is 0.486. The smallest absolute Gasteiger partial charge is 0.267 e. The van der Waals surface area contributed by atoms with Crippen LogP contribution in [0.4, 0.5) is 0 Å². The minimum absolute atomic E-state index is 0.0953. The molecule has 7 heteroatoms. The maximum atomic E-state index is 11.7. The van der Waals surface area contributed by atoms with Crippen molar-refractivity contribution in [2.45, 2.75) is 25.4 Å². The first-order valence-corrected chi connectivity index (χ1v) is 5.83. The van der Waals surface area contributed by atoms with Gasteiger partial charge in [-0.05, 0) is 6.42 Å². The topological polar surface area (TPSA) is 91.2 Å². The van der Waals surface area contributed by atoms with E-state index in [1.165, 1.54) is 19.2 Å². The number of carbonyl (C=O) groups is 2. The summed E-state index contributed by atoms with van der Waals surface area (Å²) in [5.41, 5.74) is 0.346. The number of rotatable bonds is 6. The normalized spacial score (nSPS) is 17.4. The van der Waals surface area contributed by atoms with Crippen molar-refractivity contribution in [1.82, 2.24) is 10.3 Å². The molecule has 102 valence electrons. The van der Waals surface area contributed by atoms with Gasteiger partial charge in [0.1, 0.15) is 5.71 Å². The van der Waals surface area contributed by atoms with Gasteiger partial charge in [0.25, 0.3) is 5.91 Å². The molecule has 1 heterocycles. The molecule has 0 radical (unpaired) electrons. The van der Waals surface area contributed by atoms with Gasteiger partial charge < -0.3 is 15.2 Å². The second-order valence-corrected chi connectivity index (χ2v) is 4.12. The van der Waals surface area contributed by atoms with E-state index in [-0.39, 0.29) is 18.4 Å². The van der Waals surface area contributed by atoms with Crippen LogP contribution in [-0.2, 0) is 14.3 Å². The number of nitrogens with zero attached hydrogens (tertiary/aromatic N) is 2. The van der Waals surface area contributed by atoms with Gasteiger partial charge in [0.2, 0.25) is 5.91 Å². The minimum atomic E-state index is -0.590. The second kappa shape index (κ2) is 7.07. The molecule has 0 aromatic heterocycles. The van der Waals surface area contributed by atoms with E-state index in [9.17, 15) is 14.7 Å². The largest absolute Gasteiger partial charge is 0.391 e. The van der Waals surface area contributed by atoms with E-state index < -0.39 is 6.10 Å². The highest BCUT2D eigenvalue weighted by atomic mass is 16.5. The Morgan fingerprint density at radius 1 is 1.61 bits per heavy atom. The summed E-state index contributed by atoms with van der Waals surface area (Å²) < 4.78 is 4.77. The lowest BCUT2D eigenvalue weighted by molar-refractivity contribution is -0.130. The van der Waals surface area contributed by atoms with Crippen LogP contribution in [0, 0.1) is 0 Å². The van der Waals surface area contributed by atoms with E-state index in [2.05, 4.69) is 10.4 Å². The maximum absolute atomic E-state index is 11.7. The molecule has 0 saturated carbocycles. The predicted octanol–water partition coefficient (Wildman–Crippen LogP) is -0.892. The Morgan fingerprint density at radius 3 is 2.94 bits per heavy atom. The molecule has 0 aromatic carbocycles. The summed E-state index contributed by atoms with van der Waals surface area (Å²) in [5.74, 6) is -0.388. The fourth-order valence-corrected chi connectivity index (χ4v) is 1.56. The number of carbonyl (C=O) groups excluding carboxylic acids is 2. The molecule has 0 aromatic rings. The van der Waals surface area contributed by atoms with E-state index in [0.29, 0.717) is 31.5 Å². The van der Waals surface area contributed by atoms with Gasteiger partial charge in [-0.15, -0.1) is 0 Å². The van der Waals surface area contributed by atoms with Gasteiger partial charge in [-0.3, -0.25) is 9.59 Å². The minimum Gasteiger partial charge on any atom is -0.391 e. The highest BCUT2D eigenvalue weighted by Crippen LogP contribution is 2.06. The third-order valence-electron chi connectivity index (χ3n) is 2.59. The van der Waals surface area contributed by atoms with Crippen LogP contribution in [-0.4, -0.2) is 61.1 Å². The summed E-state index contributed by atoms with van der Waals surface area (Å²) in [5, 5.41) is 17.1. The van der Waals surface area contributed by atoms with Crippen LogP contribution < -0.4 is 5.32 Å². The Morgan fingerprint density at radius 2 is 2.33 bits per heavy atom. The van der Waals surface area contributed by atoms with Crippen LogP contribution in [0.25, 0.3) is 0 Å². The van der Waals surface area contributed by atoms with Crippen molar-refractivity contribution in [1.29, 1.82) is 0 Å². The number of amides is 2. The summed E-state index contributed by atoms with van der Waals surface area (Å²) in [6.45, 7) is 0.591. The number of hydrogen-bond donors (Lipinski definition) is 2. The molecule has 7 nitrogen and oxygen atoms in total. The zero-order valence-electron chi connectivity index (χ0n) is 10.7. The Hall–Kier alpha value is -1.47. The van der Waals surface area contributed by atoms with Crippen LogP contribution in [0.3, 0.4) is 0 Å². The van der Waals surface area contributed by atoms with E-state index in [0.717, 1.165) is 0 Å². The van der Waals surface area contributed by atoms with Crippen molar-refractivity contribution in [3.63, 3.8) is 0 Å². The molecule has 1 aliphatic rings. The second-order valence-electron chi connectivity index (χ2n) is 4.12. The van der Waals surface area contributed by atoms with Gasteiger partial charge in [-0.25, -0.2) is 5.01 Å². The zero-order chi connectivity index (χ0) is 13.5.